The van der Waals surface area contributed by atoms with Gasteiger partial charge in [-0.2, -0.15) is 25.3 Å². The lowest BCUT2D eigenvalue weighted by Crippen LogP contribution is -2.36. The van der Waals surface area contributed by atoms with E-state index in [9.17, 15) is 39.2 Å². The molecule has 0 bridgehead atoms. The topological polar surface area (TPSA) is 200 Å². The van der Waals surface area contributed by atoms with E-state index in [1.807, 2.05) is 54.7 Å². The Balaban J connectivity index is 1.70. The quantitative estimate of drug-likeness (QED) is 0.111. The van der Waals surface area contributed by atoms with Crippen LogP contribution in [0.1, 0.15) is 70.9 Å². The molecular formula is C34H43BrN3O10S3+. The van der Waals surface area contributed by atoms with Crippen LogP contribution in [0.15, 0.2) is 80.9 Å². The third kappa shape index (κ3) is 9.88. The van der Waals surface area contributed by atoms with Crippen molar-refractivity contribution in [2.45, 2.75) is 82.1 Å². The minimum atomic E-state index is -4.55. The normalized spacial score (nSPS) is 19.6. The first-order valence-corrected chi connectivity index (χ1v) is 21.7. The molecule has 1 aromatic carbocycles. The second kappa shape index (κ2) is 15.5. The van der Waals surface area contributed by atoms with E-state index in [1.165, 1.54) is 12.1 Å². The fourth-order valence-corrected chi connectivity index (χ4v) is 8.41. The molecule has 1 atom stereocenters. The average Bonchev–Trinajstić information content (AvgIpc) is 3.40. The van der Waals surface area contributed by atoms with Gasteiger partial charge in [-0.1, -0.05) is 25.2 Å². The third-order valence-corrected chi connectivity index (χ3v) is 12.1. The number of hydrogen-bond acceptors (Lipinski definition) is 9. The molecule has 3 heterocycles. The first kappa shape index (κ1) is 40.7. The maximum atomic E-state index is 12.5. The van der Waals surface area contributed by atoms with Crippen LogP contribution in [0.3, 0.4) is 0 Å². The maximum absolute atomic E-state index is 12.5. The van der Waals surface area contributed by atoms with E-state index in [1.54, 1.807) is 31.2 Å². The Morgan fingerprint density at radius 3 is 2.24 bits per heavy atom. The average molecular weight is 830 g/mol. The van der Waals surface area contributed by atoms with Crippen molar-refractivity contribution >= 4 is 69.3 Å². The second-order valence-corrected chi connectivity index (χ2v) is 18.8. The molecule has 2 aromatic rings. The van der Waals surface area contributed by atoms with Crippen LogP contribution in [0.25, 0.3) is 0 Å². The van der Waals surface area contributed by atoms with Crippen molar-refractivity contribution in [3.05, 3.63) is 82.1 Å². The monoisotopic (exact) mass is 828 g/mol. The highest BCUT2D eigenvalue weighted by molar-refractivity contribution is 9.10. The minimum absolute atomic E-state index is 0.0130. The number of carbonyl (C=O) groups excluding carboxylic acids is 1. The van der Waals surface area contributed by atoms with E-state index < -0.39 is 46.9 Å². The van der Waals surface area contributed by atoms with Gasteiger partial charge in [-0.15, -0.1) is 0 Å². The Hall–Kier alpha value is -3.06. The second-order valence-electron chi connectivity index (χ2n) is 13.3. The molecule has 0 radical (unpaired) electrons. The minimum Gasteiger partial charge on any atom is -0.344 e. The number of anilines is 1. The predicted molar refractivity (Wildman–Crippen MR) is 198 cm³/mol. The van der Waals surface area contributed by atoms with Gasteiger partial charge in [0.2, 0.25) is 0 Å². The van der Waals surface area contributed by atoms with Crippen LogP contribution in [0, 0.1) is 0 Å². The molecule has 13 nitrogen and oxygen atoms in total. The molecular weight excluding hydrogens is 786 g/mol. The maximum Gasteiger partial charge on any atom is 0.327 e. The van der Waals surface area contributed by atoms with Gasteiger partial charge in [-0.25, -0.2) is 4.57 Å². The molecule has 0 amide bonds. The van der Waals surface area contributed by atoms with Gasteiger partial charge in [0.1, 0.15) is 12.0 Å². The van der Waals surface area contributed by atoms with Crippen molar-refractivity contribution in [1.82, 2.24) is 0 Å². The van der Waals surface area contributed by atoms with Gasteiger partial charge in [0.15, 0.2) is 5.71 Å². The summed E-state index contributed by atoms with van der Waals surface area (Å²) in [6.45, 7) is 8.15. The van der Waals surface area contributed by atoms with Crippen molar-refractivity contribution in [2.24, 2.45) is 4.99 Å². The Kier molecular flexibility index (Phi) is 12.4. The van der Waals surface area contributed by atoms with Crippen LogP contribution < -0.4 is 9.47 Å². The largest absolute Gasteiger partial charge is 0.344 e. The zero-order valence-electron chi connectivity index (χ0n) is 28.8. The van der Waals surface area contributed by atoms with Crippen molar-refractivity contribution in [3.63, 3.8) is 0 Å². The SMILES string of the molecule is CCC(=O)CCC1(C)\C(=C/C=C/C=C/C2=Nc3c(cc(Br)c[n+]3CCCS(=O)(=O)O)C2(C)C)N(CCCS(=O)(=O)O)c2ccc(S(=O)(=O)O)cc21. The Labute approximate surface area is 308 Å². The van der Waals surface area contributed by atoms with Gasteiger partial charge in [-0.05, 0) is 96.5 Å². The number of aryl methyl sites for hydroxylation is 1. The first-order valence-electron chi connectivity index (χ1n) is 16.3. The molecule has 1 aromatic heterocycles. The Bertz CT molecular complexity index is 2160. The number of nitrogens with zero attached hydrogens (tertiary/aromatic N) is 3. The summed E-state index contributed by atoms with van der Waals surface area (Å²) in [5.41, 5.74) is 2.10. The van der Waals surface area contributed by atoms with E-state index in [0.29, 0.717) is 42.2 Å². The number of pyridine rings is 1. The fraction of sp³-hybridized carbons (Fsp3) is 0.441. The molecule has 0 aliphatic carbocycles. The van der Waals surface area contributed by atoms with E-state index in [0.717, 1.165) is 15.7 Å². The highest BCUT2D eigenvalue weighted by atomic mass is 79.9. The number of benzene rings is 1. The van der Waals surface area contributed by atoms with Gasteiger partial charge in [0.25, 0.3) is 30.4 Å². The van der Waals surface area contributed by atoms with Crippen molar-refractivity contribution in [3.8, 4) is 0 Å². The Morgan fingerprint density at radius 1 is 0.941 bits per heavy atom. The first-order chi connectivity index (χ1) is 23.6. The summed E-state index contributed by atoms with van der Waals surface area (Å²) >= 11 is 3.53. The molecule has 1 unspecified atom stereocenters. The molecule has 3 N–H and O–H groups in total. The molecule has 0 saturated carbocycles. The van der Waals surface area contributed by atoms with Crippen LogP contribution in [0.4, 0.5) is 11.5 Å². The summed E-state index contributed by atoms with van der Waals surface area (Å²) in [5.74, 6) is -0.176. The zero-order chi connectivity index (χ0) is 38.0. The van der Waals surface area contributed by atoms with E-state index in [2.05, 4.69) is 15.9 Å². The summed E-state index contributed by atoms with van der Waals surface area (Å²) in [4.78, 5) is 18.9. The molecule has 278 valence electrons. The van der Waals surface area contributed by atoms with Crippen LogP contribution >= 0.6 is 15.9 Å². The van der Waals surface area contributed by atoms with Crippen molar-refractivity contribution < 1.29 is 48.3 Å². The van der Waals surface area contributed by atoms with Crippen molar-refractivity contribution in [2.75, 3.05) is 23.0 Å². The van der Waals surface area contributed by atoms with E-state index >= 15 is 0 Å². The smallest absolute Gasteiger partial charge is 0.327 e. The number of rotatable bonds is 16. The van der Waals surface area contributed by atoms with Gasteiger partial charge in [0, 0.05) is 42.6 Å². The van der Waals surface area contributed by atoms with Gasteiger partial charge >= 0.3 is 5.82 Å². The molecule has 0 saturated heterocycles. The van der Waals surface area contributed by atoms with Crippen LogP contribution in [0.2, 0.25) is 0 Å². The highest BCUT2D eigenvalue weighted by Gasteiger charge is 2.44. The number of fused-ring (bicyclic) bond motifs is 2. The number of halogens is 1. The number of aromatic nitrogens is 1. The van der Waals surface area contributed by atoms with Crippen LogP contribution in [-0.2, 0) is 52.5 Å². The van der Waals surface area contributed by atoms with Gasteiger partial charge in [0.05, 0.1) is 38.4 Å². The summed E-state index contributed by atoms with van der Waals surface area (Å²) in [6.07, 6.45) is 11.9. The number of carbonyl (C=O) groups is 1. The molecule has 2 aliphatic heterocycles. The van der Waals surface area contributed by atoms with E-state index in [4.69, 9.17) is 9.55 Å². The standard InChI is InChI=1S/C34H42BrN3O10S3/c1-5-25(39)15-16-34(4)27-22-26(51(46,47)48)13-14-29(27)38(18-10-20-50(43,44)45)31(34)12-8-6-7-11-30-33(2,3)28-21-24(35)23-37(32(28)36-30)17-9-19-49(40,41)42/h6-8,11-14,21-23H,5,9-10,15-20H2,1-4H3,(H2-,40,41,42,43,44,45,46,47,48)/p+1. The fourth-order valence-electron chi connectivity index (χ4n) is 6.44. The number of allylic oxidation sites excluding steroid dienone is 6. The van der Waals surface area contributed by atoms with Gasteiger partial charge < -0.3 is 4.90 Å². The highest BCUT2D eigenvalue weighted by Crippen LogP contribution is 2.51. The number of aliphatic imine (C=N–C) groups is 1. The summed E-state index contributed by atoms with van der Waals surface area (Å²) < 4.78 is 101. The third-order valence-electron chi connectivity index (χ3n) is 9.24. The molecule has 51 heavy (non-hydrogen) atoms. The molecule has 17 heteroatoms. The van der Waals surface area contributed by atoms with Gasteiger partial charge in [-0.3, -0.25) is 18.5 Å². The summed E-state index contributed by atoms with van der Waals surface area (Å²) in [6, 6.07) is 6.15. The lowest BCUT2D eigenvalue weighted by Gasteiger charge is -2.30. The molecule has 4 rings (SSSR count). The number of ketones is 1. The van der Waals surface area contributed by atoms with Crippen LogP contribution in [0.5, 0.6) is 0 Å². The van der Waals surface area contributed by atoms with Crippen molar-refractivity contribution in [1.29, 1.82) is 0 Å². The summed E-state index contributed by atoms with van der Waals surface area (Å²) in [7, 11) is -12.9. The van der Waals surface area contributed by atoms with Crippen LogP contribution in [-0.4, -0.2) is 68.5 Å². The summed E-state index contributed by atoms with van der Waals surface area (Å²) in [5, 5.41) is 0. The Morgan fingerprint density at radius 2 is 1.61 bits per heavy atom. The molecule has 2 aliphatic rings. The van der Waals surface area contributed by atoms with E-state index in [-0.39, 0.29) is 42.2 Å². The number of Topliss-reactive ketones (excluding diaryl/α,β-unsaturated/α-hetero) is 1. The molecule has 0 spiro atoms. The number of hydrogen-bond donors (Lipinski definition) is 3. The lowest BCUT2D eigenvalue weighted by molar-refractivity contribution is -0.684. The predicted octanol–water partition coefficient (Wildman–Crippen LogP) is 5.44. The lowest BCUT2D eigenvalue weighted by atomic mass is 9.77. The molecule has 0 fully saturated rings. The zero-order valence-corrected chi connectivity index (χ0v) is 32.8.